The largest absolute Gasteiger partial charge is 0.376 e. The fraction of sp³-hybridized carbons (Fsp3) is 0.250. The van der Waals surface area contributed by atoms with Crippen LogP contribution in [0.15, 0.2) is 21.1 Å². The van der Waals surface area contributed by atoms with Gasteiger partial charge in [0.2, 0.25) is 0 Å². The normalized spacial score (nSPS) is 14.6. The molecular formula is C12H11Br2N3O. The topological polar surface area (TPSA) is 60.2 Å². The number of hydrazine groups is 1. The van der Waals surface area contributed by atoms with Crippen LogP contribution in [0, 0.1) is 0 Å². The first-order valence-corrected chi connectivity index (χ1v) is 7.14. The summed E-state index contributed by atoms with van der Waals surface area (Å²) in [6, 6.07) is 4.00. The van der Waals surface area contributed by atoms with E-state index in [0.29, 0.717) is 13.2 Å². The van der Waals surface area contributed by atoms with Crippen molar-refractivity contribution in [3.05, 3.63) is 32.3 Å². The van der Waals surface area contributed by atoms with E-state index in [4.69, 9.17) is 15.6 Å². The van der Waals surface area contributed by atoms with Gasteiger partial charge < -0.3 is 10.2 Å². The second kappa shape index (κ2) is 4.77. The molecule has 1 aromatic heterocycles. The van der Waals surface area contributed by atoms with Crippen molar-refractivity contribution < 1.29 is 4.74 Å². The summed E-state index contributed by atoms with van der Waals surface area (Å²) < 4.78 is 7.43. The molecule has 0 spiro atoms. The van der Waals surface area contributed by atoms with Crippen LogP contribution in [0.3, 0.4) is 0 Å². The van der Waals surface area contributed by atoms with Gasteiger partial charge in [-0.3, -0.25) is 10.8 Å². The van der Waals surface area contributed by atoms with Gasteiger partial charge in [-0.05, 0) is 28.1 Å². The summed E-state index contributed by atoms with van der Waals surface area (Å²) in [6.45, 7) is 1.27. The van der Waals surface area contributed by atoms with Crippen molar-refractivity contribution in [3.63, 3.8) is 0 Å². The van der Waals surface area contributed by atoms with Crippen molar-refractivity contribution in [2.24, 2.45) is 5.84 Å². The molecule has 0 atom stereocenters. The number of pyridine rings is 1. The first-order valence-electron chi connectivity index (χ1n) is 5.55. The maximum Gasteiger partial charge on any atom is 0.0869 e. The van der Waals surface area contributed by atoms with E-state index < -0.39 is 0 Å². The Morgan fingerprint density at radius 3 is 2.94 bits per heavy atom. The molecule has 0 saturated carbocycles. The smallest absolute Gasteiger partial charge is 0.0869 e. The number of anilines is 1. The van der Waals surface area contributed by atoms with E-state index in [1.54, 1.807) is 0 Å². The van der Waals surface area contributed by atoms with Crippen LogP contribution in [-0.2, 0) is 17.8 Å². The fourth-order valence-electron chi connectivity index (χ4n) is 2.25. The molecule has 3 N–H and O–H groups in total. The van der Waals surface area contributed by atoms with Crippen LogP contribution in [-0.4, -0.2) is 11.6 Å². The number of hydrogen-bond acceptors (Lipinski definition) is 4. The lowest BCUT2D eigenvalue weighted by atomic mass is 10.0. The SMILES string of the molecule is NNc1c2c(nc3c(Br)cc(Br)cc13)CCOC2. The highest BCUT2D eigenvalue weighted by Gasteiger charge is 2.19. The van der Waals surface area contributed by atoms with Gasteiger partial charge in [-0.2, -0.15) is 0 Å². The second-order valence-corrected chi connectivity index (χ2v) is 5.91. The number of ether oxygens (including phenoxy) is 1. The predicted molar refractivity (Wildman–Crippen MR) is 78.3 cm³/mol. The van der Waals surface area contributed by atoms with Crippen LogP contribution >= 0.6 is 31.9 Å². The van der Waals surface area contributed by atoms with E-state index in [1.165, 1.54) is 0 Å². The van der Waals surface area contributed by atoms with Crippen molar-refractivity contribution >= 4 is 48.5 Å². The molecule has 2 heterocycles. The Morgan fingerprint density at radius 2 is 2.17 bits per heavy atom. The molecule has 1 aliphatic rings. The lowest BCUT2D eigenvalue weighted by Crippen LogP contribution is -2.18. The molecule has 3 rings (SSSR count). The average molecular weight is 373 g/mol. The second-order valence-electron chi connectivity index (χ2n) is 4.14. The minimum atomic E-state index is 0.557. The van der Waals surface area contributed by atoms with Gasteiger partial charge in [0.25, 0.3) is 0 Å². The van der Waals surface area contributed by atoms with Crippen molar-refractivity contribution in [3.8, 4) is 0 Å². The van der Waals surface area contributed by atoms with Gasteiger partial charge in [-0.25, -0.2) is 0 Å². The predicted octanol–water partition coefficient (Wildman–Crippen LogP) is 3.12. The molecular weight excluding hydrogens is 362 g/mol. The minimum Gasteiger partial charge on any atom is -0.376 e. The number of halogens is 2. The summed E-state index contributed by atoms with van der Waals surface area (Å²) in [5, 5.41) is 0.989. The average Bonchev–Trinajstić information content (AvgIpc) is 2.36. The number of benzene rings is 1. The number of rotatable bonds is 1. The summed E-state index contributed by atoms with van der Waals surface area (Å²) in [7, 11) is 0. The molecule has 6 heteroatoms. The fourth-order valence-corrected chi connectivity index (χ4v) is 3.56. The van der Waals surface area contributed by atoms with E-state index in [2.05, 4.69) is 37.3 Å². The number of nitrogens with two attached hydrogens (primary N) is 1. The van der Waals surface area contributed by atoms with Crippen LogP contribution in [0.2, 0.25) is 0 Å². The molecule has 0 bridgehead atoms. The molecule has 2 aromatic rings. The Kier molecular flexibility index (Phi) is 3.27. The summed E-state index contributed by atoms with van der Waals surface area (Å²) in [6.07, 6.45) is 0.822. The van der Waals surface area contributed by atoms with Gasteiger partial charge in [0, 0.05) is 26.3 Å². The van der Waals surface area contributed by atoms with Crippen molar-refractivity contribution in [2.75, 3.05) is 12.0 Å². The third-order valence-corrected chi connectivity index (χ3v) is 4.13. The van der Waals surface area contributed by atoms with E-state index >= 15 is 0 Å². The number of nitrogens with one attached hydrogen (secondary N) is 1. The summed E-state index contributed by atoms with van der Waals surface area (Å²) >= 11 is 7.03. The Bertz CT molecular complexity index is 630. The summed E-state index contributed by atoms with van der Waals surface area (Å²) in [5.41, 5.74) is 6.73. The van der Waals surface area contributed by atoms with Crippen LogP contribution in [0.4, 0.5) is 5.69 Å². The van der Waals surface area contributed by atoms with Gasteiger partial charge in [-0.15, -0.1) is 0 Å². The monoisotopic (exact) mass is 371 g/mol. The van der Waals surface area contributed by atoms with Gasteiger partial charge >= 0.3 is 0 Å². The van der Waals surface area contributed by atoms with Gasteiger partial charge in [0.1, 0.15) is 0 Å². The number of nitrogens with zero attached hydrogens (tertiary/aromatic N) is 1. The quantitative estimate of drug-likeness (QED) is 0.596. The molecule has 0 aliphatic carbocycles. The highest BCUT2D eigenvalue weighted by Crippen LogP contribution is 2.36. The number of hydrogen-bond donors (Lipinski definition) is 2. The number of fused-ring (bicyclic) bond motifs is 2. The molecule has 0 amide bonds. The van der Waals surface area contributed by atoms with Gasteiger partial charge in [0.15, 0.2) is 0 Å². The van der Waals surface area contributed by atoms with Crippen molar-refractivity contribution in [2.45, 2.75) is 13.0 Å². The van der Waals surface area contributed by atoms with Gasteiger partial charge in [-0.1, -0.05) is 15.9 Å². The Labute approximate surface area is 121 Å². The van der Waals surface area contributed by atoms with E-state index in [1.807, 2.05) is 12.1 Å². The van der Waals surface area contributed by atoms with Gasteiger partial charge in [0.05, 0.1) is 30.1 Å². The zero-order chi connectivity index (χ0) is 12.7. The molecule has 1 aromatic carbocycles. The number of nitrogen functional groups attached to an aromatic ring is 1. The van der Waals surface area contributed by atoms with Crippen LogP contribution in [0.5, 0.6) is 0 Å². The van der Waals surface area contributed by atoms with Crippen molar-refractivity contribution in [1.82, 2.24) is 4.98 Å². The molecule has 1 aliphatic heterocycles. The highest BCUT2D eigenvalue weighted by atomic mass is 79.9. The highest BCUT2D eigenvalue weighted by molar-refractivity contribution is 9.11. The van der Waals surface area contributed by atoms with E-state index in [-0.39, 0.29) is 0 Å². The maximum atomic E-state index is 5.68. The first kappa shape index (κ1) is 12.3. The third kappa shape index (κ3) is 1.93. The standard InChI is InChI=1S/C12H11Br2N3O/c13-6-3-7-11(17-15)8-5-18-2-1-10(8)16-12(7)9(14)4-6/h3-4H,1-2,5,15H2,(H,16,17). The zero-order valence-corrected chi connectivity index (χ0v) is 12.6. The lowest BCUT2D eigenvalue weighted by Gasteiger charge is -2.21. The lowest BCUT2D eigenvalue weighted by molar-refractivity contribution is 0.110. The zero-order valence-electron chi connectivity index (χ0n) is 9.46. The minimum absolute atomic E-state index is 0.557. The van der Waals surface area contributed by atoms with E-state index in [9.17, 15) is 0 Å². The molecule has 0 radical (unpaired) electrons. The first-order chi connectivity index (χ1) is 8.70. The van der Waals surface area contributed by atoms with E-state index in [0.717, 1.165) is 43.2 Å². The molecule has 4 nitrogen and oxygen atoms in total. The Hall–Kier alpha value is -0.690. The molecule has 94 valence electrons. The van der Waals surface area contributed by atoms with Crippen LogP contribution in [0.25, 0.3) is 10.9 Å². The third-order valence-electron chi connectivity index (χ3n) is 3.07. The molecule has 0 fully saturated rings. The summed E-state index contributed by atoms with van der Waals surface area (Å²) in [4.78, 5) is 4.72. The van der Waals surface area contributed by atoms with Crippen molar-refractivity contribution in [1.29, 1.82) is 0 Å². The Morgan fingerprint density at radius 1 is 1.33 bits per heavy atom. The molecule has 0 unspecified atom stereocenters. The van der Waals surface area contributed by atoms with Crippen LogP contribution < -0.4 is 11.3 Å². The Balaban J connectivity index is 2.40. The number of aromatic nitrogens is 1. The molecule has 18 heavy (non-hydrogen) atoms. The molecule has 0 saturated heterocycles. The van der Waals surface area contributed by atoms with Crippen LogP contribution in [0.1, 0.15) is 11.3 Å². The summed E-state index contributed by atoms with van der Waals surface area (Å²) in [5.74, 6) is 5.68. The maximum absolute atomic E-state index is 5.68.